The van der Waals surface area contributed by atoms with Gasteiger partial charge in [0.2, 0.25) is 0 Å². The van der Waals surface area contributed by atoms with Gasteiger partial charge >= 0.3 is 0 Å². The summed E-state index contributed by atoms with van der Waals surface area (Å²) < 4.78 is 0. The molecule has 1 aliphatic carbocycles. The molecule has 1 atom stereocenters. The lowest BCUT2D eigenvalue weighted by atomic mass is 9.64. The molecular formula is C71H49N3. The zero-order valence-corrected chi connectivity index (χ0v) is 40.6. The maximum Gasteiger partial charge on any atom is 0.145 e. The number of allylic oxidation sites excluding steroid dienone is 1. The van der Waals surface area contributed by atoms with Gasteiger partial charge in [0, 0.05) is 16.9 Å². The lowest BCUT2D eigenvalue weighted by molar-refractivity contribution is 0.664. The third-order valence-electron chi connectivity index (χ3n) is 15.3. The molecule has 0 fully saturated rings. The molecular weight excluding hydrogens is 895 g/mol. The van der Waals surface area contributed by atoms with Crippen molar-refractivity contribution in [2.75, 3.05) is 4.90 Å². The maximum atomic E-state index is 5.33. The Bertz CT molecular complexity index is 3940. The van der Waals surface area contributed by atoms with Gasteiger partial charge in [0.15, 0.2) is 0 Å². The van der Waals surface area contributed by atoms with Crippen LogP contribution >= 0.6 is 0 Å². The van der Waals surface area contributed by atoms with Crippen LogP contribution in [-0.4, -0.2) is 5.71 Å². The number of benzene rings is 11. The second kappa shape index (κ2) is 17.9. The van der Waals surface area contributed by atoms with Gasteiger partial charge in [-0.25, -0.2) is 0 Å². The molecule has 0 radical (unpaired) electrons. The fourth-order valence-electron chi connectivity index (χ4n) is 11.9. The Morgan fingerprint density at radius 2 is 0.757 bits per heavy atom. The minimum absolute atomic E-state index is 0.231. The van der Waals surface area contributed by atoms with Gasteiger partial charge < -0.3 is 10.2 Å². The third-order valence-corrected chi connectivity index (χ3v) is 15.3. The highest BCUT2D eigenvalue weighted by atomic mass is 15.2. The fraction of sp³-hybridized carbons (Fsp3) is 0.0282. The van der Waals surface area contributed by atoms with Crippen molar-refractivity contribution >= 4 is 28.5 Å². The number of fused-ring (bicyclic) bond motifs is 9. The van der Waals surface area contributed by atoms with E-state index in [1.54, 1.807) is 0 Å². The monoisotopic (exact) mass is 943 g/mol. The Hall–Kier alpha value is -9.57. The molecule has 3 heteroatoms. The van der Waals surface area contributed by atoms with Crippen LogP contribution in [0.5, 0.6) is 0 Å². The largest absolute Gasteiger partial charge is 0.360 e. The standard InChI is InChI=1S/C71H49N3/c1-4-19-48(20-5-1)49-37-39-50(40-38-49)66-47-67(73-70(72-66)51-21-6-2-7-22-51)58-28-18-27-56(45-58)54-25-16-23-52(43-54)53-24-17-26-55(44-53)57-41-42-61-60-31-10-11-32-62(60)71(65(61)46-57)63-33-12-14-35-68(63)74(59-29-8-3-9-30-59)69-36-15-13-34-64(69)71/h1-47,70,72H. The van der Waals surface area contributed by atoms with Gasteiger partial charge in [0.05, 0.1) is 22.5 Å². The Kier molecular flexibility index (Phi) is 10.5. The Labute approximate surface area is 432 Å². The van der Waals surface area contributed by atoms with Crippen LogP contribution in [0.2, 0.25) is 0 Å². The molecule has 0 amide bonds. The van der Waals surface area contributed by atoms with Crippen LogP contribution in [0.15, 0.2) is 290 Å². The van der Waals surface area contributed by atoms with Gasteiger partial charge in [-0.3, -0.25) is 4.99 Å². The van der Waals surface area contributed by atoms with Crippen molar-refractivity contribution in [3.05, 3.63) is 324 Å². The molecule has 3 nitrogen and oxygen atoms in total. The highest BCUT2D eigenvalue weighted by molar-refractivity contribution is 6.13. The summed E-state index contributed by atoms with van der Waals surface area (Å²) in [5.41, 5.74) is 25.5. The number of hydrogen-bond acceptors (Lipinski definition) is 3. The zero-order chi connectivity index (χ0) is 49.0. The van der Waals surface area contributed by atoms with E-state index in [-0.39, 0.29) is 6.17 Å². The van der Waals surface area contributed by atoms with E-state index < -0.39 is 5.41 Å². The van der Waals surface area contributed by atoms with Crippen molar-refractivity contribution in [2.45, 2.75) is 11.6 Å². The van der Waals surface area contributed by atoms with E-state index >= 15 is 0 Å². The molecule has 11 aromatic carbocycles. The normalized spacial score (nSPS) is 14.7. The lowest BCUT2D eigenvalue weighted by Gasteiger charge is -2.45. The van der Waals surface area contributed by atoms with Gasteiger partial charge in [-0.15, -0.1) is 0 Å². The topological polar surface area (TPSA) is 27.6 Å². The number of para-hydroxylation sites is 3. The quantitative estimate of drug-likeness (QED) is 0.164. The van der Waals surface area contributed by atoms with Gasteiger partial charge in [-0.1, -0.05) is 231 Å². The summed E-state index contributed by atoms with van der Waals surface area (Å²) in [6.45, 7) is 0. The zero-order valence-electron chi connectivity index (χ0n) is 40.6. The summed E-state index contributed by atoms with van der Waals surface area (Å²) in [6, 6.07) is 102. The number of hydrogen-bond donors (Lipinski definition) is 1. The van der Waals surface area contributed by atoms with E-state index in [2.05, 4.69) is 295 Å². The van der Waals surface area contributed by atoms with Crippen LogP contribution in [0, 0.1) is 0 Å². The minimum Gasteiger partial charge on any atom is -0.360 e. The average molecular weight is 944 g/mol. The van der Waals surface area contributed by atoms with Crippen LogP contribution in [0.25, 0.3) is 61.3 Å². The molecule has 2 aliphatic heterocycles. The van der Waals surface area contributed by atoms with Crippen LogP contribution in [-0.2, 0) is 5.41 Å². The van der Waals surface area contributed by atoms with Crippen molar-refractivity contribution in [1.82, 2.24) is 5.32 Å². The molecule has 0 saturated heterocycles. The highest BCUT2D eigenvalue weighted by Gasteiger charge is 2.51. The first-order valence-electron chi connectivity index (χ1n) is 25.5. The van der Waals surface area contributed by atoms with Crippen molar-refractivity contribution in [3.8, 4) is 55.6 Å². The lowest BCUT2D eigenvalue weighted by Crippen LogP contribution is -2.36. The molecule has 0 saturated carbocycles. The van der Waals surface area contributed by atoms with Crippen molar-refractivity contribution in [3.63, 3.8) is 0 Å². The number of nitrogens with one attached hydrogen (secondary N) is 1. The van der Waals surface area contributed by atoms with E-state index in [9.17, 15) is 0 Å². The molecule has 11 aromatic rings. The molecule has 14 rings (SSSR count). The predicted octanol–water partition coefficient (Wildman–Crippen LogP) is 17.6. The van der Waals surface area contributed by atoms with Crippen LogP contribution in [0.3, 0.4) is 0 Å². The second-order valence-electron chi connectivity index (χ2n) is 19.5. The second-order valence-corrected chi connectivity index (χ2v) is 19.5. The third kappa shape index (κ3) is 7.24. The molecule has 2 heterocycles. The molecule has 1 spiro atoms. The number of anilines is 3. The van der Waals surface area contributed by atoms with Crippen molar-refractivity contribution < 1.29 is 0 Å². The van der Waals surface area contributed by atoms with Gasteiger partial charge in [-0.2, -0.15) is 0 Å². The number of nitrogens with zero attached hydrogens (tertiary/aromatic N) is 2. The molecule has 1 N–H and O–H groups in total. The average Bonchev–Trinajstić information content (AvgIpc) is 3.79. The molecule has 74 heavy (non-hydrogen) atoms. The summed E-state index contributed by atoms with van der Waals surface area (Å²) in [7, 11) is 0. The Morgan fingerprint density at radius 3 is 1.38 bits per heavy atom. The summed E-state index contributed by atoms with van der Waals surface area (Å²) in [4.78, 5) is 7.77. The smallest absolute Gasteiger partial charge is 0.145 e. The van der Waals surface area contributed by atoms with E-state index in [0.29, 0.717) is 0 Å². The van der Waals surface area contributed by atoms with Crippen LogP contribution in [0.4, 0.5) is 17.1 Å². The SMILES string of the molecule is C1=C(c2ccc(-c3ccccc3)cc2)NC(c2ccccc2)N=C1c1cccc(-c2cccc(-c3cccc(-c4ccc5c(c4)C4(c6ccccc6-5)c5ccccc5N(c5ccccc5)c5ccccc54)c3)c2)c1. The Morgan fingerprint density at radius 1 is 0.324 bits per heavy atom. The first-order chi connectivity index (χ1) is 36.7. The van der Waals surface area contributed by atoms with Crippen molar-refractivity contribution in [2.24, 2.45) is 4.99 Å². The van der Waals surface area contributed by atoms with E-state index in [4.69, 9.17) is 4.99 Å². The molecule has 348 valence electrons. The van der Waals surface area contributed by atoms with Gasteiger partial charge in [0.1, 0.15) is 6.17 Å². The molecule has 0 aromatic heterocycles. The summed E-state index contributed by atoms with van der Waals surface area (Å²) in [6.07, 6.45) is 1.97. The van der Waals surface area contributed by atoms with Gasteiger partial charge in [-0.05, 0) is 144 Å². The van der Waals surface area contributed by atoms with Crippen molar-refractivity contribution in [1.29, 1.82) is 0 Å². The number of rotatable bonds is 8. The maximum absolute atomic E-state index is 5.33. The first-order valence-corrected chi connectivity index (χ1v) is 25.5. The summed E-state index contributed by atoms with van der Waals surface area (Å²) in [5.74, 6) is 0. The first kappa shape index (κ1) is 43.2. The summed E-state index contributed by atoms with van der Waals surface area (Å²) in [5, 5.41) is 3.75. The van der Waals surface area contributed by atoms with E-state index in [0.717, 1.165) is 44.9 Å². The Balaban J connectivity index is 0.821. The fourth-order valence-corrected chi connectivity index (χ4v) is 11.9. The van der Waals surface area contributed by atoms with E-state index in [1.807, 2.05) is 0 Å². The van der Waals surface area contributed by atoms with E-state index in [1.165, 1.54) is 78.1 Å². The van der Waals surface area contributed by atoms with Crippen LogP contribution < -0.4 is 10.2 Å². The summed E-state index contributed by atoms with van der Waals surface area (Å²) >= 11 is 0. The molecule has 0 bridgehead atoms. The number of aliphatic imine (C=N–C) groups is 1. The van der Waals surface area contributed by atoms with Gasteiger partial charge in [0.25, 0.3) is 0 Å². The molecule has 1 unspecified atom stereocenters. The molecule has 3 aliphatic rings. The van der Waals surface area contributed by atoms with Crippen LogP contribution in [0.1, 0.15) is 45.1 Å². The highest BCUT2D eigenvalue weighted by Crippen LogP contribution is 2.63. The predicted molar refractivity (Wildman–Crippen MR) is 307 cm³/mol. The minimum atomic E-state index is -0.519.